The molecule has 0 spiro atoms. The molecule has 122 valence electrons. The number of rotatable bonds is 14. The molecule has 0 amide bonds. The highest BCUT2D eigenvalue weighted by atomic mass is 14.2. The van der Waals surface area contributed by atoms with E-state index in [4.69, 9.17) is 0 Å². The topological polar surface area (TPSA) is 0 Å². The van der Waals surface area contributed by atoms with Gasteiger partial charge in [-0.25, -0.2) is 0 Å². The fourth-order valence-electron chi connectivity index (χ4n) is 3.51. The summed E-state index contributed by atoms with van der Waals surface area (Å²) in [5.74, 6) is 2.72. The Bertz CT molecular complexity index is 182. The van der Waals surface area contributed by atoms with E-state index in [0.717, 1.165) is 17.8 Å². The van der Waals surface area contributed by atoms with Crippen molar-refractivity contribution in [2.24, 2.45) is 17.8 Å². The Kier molecular flexibility index (Phi) is 14.0. The van der Waals surface area contributed by atoms with Crippen molar-refractivity contribution in [3.63, 3.8) is 0 Å². The van der Waals surface area contributed by atoms with Crippen molar-refractivity contribution in [3.8, 4) is 0 Å². The van der Waals surface area contributed by atoms with E-state index >= 15 is 0 Å². The van der Waals surface area contributed by atoms with Crippen molar-refractivity contribution < 1.29 is 0 Å². The van der Waals surface area contributed by atoms with Crippen LogP contribution >= 0.6 is 0 Å². The van der Waals surface area contributed by atoms with Gasteiger partial charge in [-0.05, 0) is 30.6 Å². The van der Waals surface area contributed by atoms with Crippen LogP contribution < -0.4 is 0 Å². The minimum Gasteiger partial charge on any atom is -0.0654 e. The second kappa shape index (κ2) is 14.0. The van der Waals surface area contributed by atoms with Crippen LogP contribution in [0.1, 0.15) is 112 Å². The number of unbranched alkanes of at least 4 members (excludes halogenated alkanes) is 8. The molecule has 20 heavy (non-hydrogen) atoms. The minimum atomic E-state index is 0.866. The van der Waals surface area contributed by atoms with Gasteiger partial charge in [-0.2, -0.15) is 0 Å². The van der Waals surface area contributed by atoms with Gasteiger partial charge < -0.3 is 0 Å². The average Bonchev–Trinajstić information content (AvgIpc) is 2.35. The lowest BCUT2D eigenvalue weighted by Gasteiger charge is -2.18. The largest absolute Gasteiger partial charge is 0.0654 e. The van der Waals surface area contributed by atoms with Crippen molar-refractivity contribution in [3.05, 3.63) is 0 Å². The molecule has 0 saturated heterocycles. The van der Waals surface area contributed by atoms with E-state index in [0.29, 0.717) is 0 Å². The predicted octanol–water partition coefficient (Wildman–Crippen LogP) is 7.62. The number of hydrogen-bond acceptors (Lipinski definition) is 0. The van der Waals surface area contributed by atoms with Crippen molar-refractivity contribution in [1.29, 1.82) is 0 Å². The Morgan fingerprint density at radius 3 is 1.55 bits per heavy atom. The molecule has 0 nitrogen and oxygen atoms in total. The summed E-state index contributed by atoms with van der Waals surface area (Å²) in [4.78, 5) is 0. The Hall–Kier alpha value is 0. The van der Waals surface area contributed by atoms with Crippen molar-refractivity contribution >= 4 is 0 Å². The highest BCUT2D eigenvalue weighted by molar-refractivity contribution is 4.62. The highest BCUT2D eigenvalue weighted by Crippen LogP contribution is 2.23. The van der Waals surface area contributed by atoms with E-state index in [-0.39, 0.29) is 0 Å². The van der Waals surface area contributed by atoms with Gasteiger partial charge in [0.1, 0.15) is 0 Å². The minimum absolute atomic E-state index is 0.866. The Morgan fingerprint density at radius 2 is 1.05 bits per heavy atom. The zero-order valence-electron chi connectivity index (χ0n) is 15.2. The van der Waals surface area contributed by atoms with Crippen molar-refractivity contribution in [2.45, 2.75) is 112 Å². The number of hydrogen-bond donors (Lipinski definition) is 0. The smallest absolute Gasteiger partial charge is 0.0438 e. The van der Waals surface area contributed by atoms with E-state index in [1.807, 2.05) is 0 Å². The molecule has 0 bridgehead atoms. The highest BCUT2D eigenvalue weighted by Gasteiger charge is 2.10. The summed E-state index contributed by atoms with van der Waals surface area (Å²) in [6.45, 7) is 11.9. The molecule has 0 N–H and O–H groups in total. The molecule has 0 aromatic rings. The molecule has 0 fully saturated rings. The molecule has 0 rings (SSSR count). The fraction of sp³-hybridized carbons (Fsp3) is 1.00. The predicted molar refractivity (Wildman–Crippen MR) is 94.2 cm³/mol. The Balaban J connectivity index is 3.28. The molecule has 0 heteroatoms. The quantitative estimate of drug-likeness (QED) is 0.287. The van der Waals surface area contributed by atoms with E-state index in [1.54, 1.807) is 0 Å². The van der Waals surface area contributed by atoms with Crippen LogP contribution in [-0.4, -0.2) is 0 Å². The first-order valence-corrected chi connectivity index (χ1v) is 9.56. The molecule has 0 aliphatic carbocycles. The second-order valence-corrected chi connectivity index (χ2v) is 7.69. The van der Waals surface area contributed by atoms with Crippen LogP contribution in [-0.2, 0) is 0 Å². The molecule has 2 unspecified atom stereocenters. The van der Waals surface area contributed by atoms with Crippen LogP contribution in [0.4, 0.5) is 0 Å². The molecule has 0 aromatic carbocycles. The Labute approximate surface area is 130 Å². The third-order valence-electron chi connectivity index (χ3n) is 4.48. The summed E-state index contributed by atoms with van der Waals surface area (Å²) in [6.07, 6.45) is 17.4. The zero-order valence-corrected chi connectivity index (χ0v) is 15.2. The fourth-order valence-corrected chi connectivity index (χ4v) is 3.51. The lowest BCUT2D eigenvalue weighted by molar-refractivity contribution is 0.336. The maximum atomic E-state index is 2.46. The standard InChI is InChI=1S/C20H42/c1-6-7-8-9-10-11-12-13-14-15-19(4)17-20(5)16-18(2)3/h18-20H,6-17H2,1-5H3. The summed E-state index contributed by atoms with van der Waals surface area (Å²) in [7, 11) is 0. The molecule has 0 saturated carbocycles. The van der Waals surface area contributed by atoms with E-state index < -0.39 is 0 Å². The summed E-state index contributed by atoms with van der Waals surface area (Å²) in [5.41, 5.74) is 0. The van der Waals surface area contributed by atoms with Gasteiger partial charge in [0.25, 0.3) is 0 Å². The average molecular weight is 283 g/mol. The van der Waals surface area contributed by atoms with Gasteiger partial charge in [-0.1, -0.05) is 98.8 Å². The summed E-state index contributed by atoms with van der Waals surface area (Å²) in [5, 5.41) is 0. The van der Waals surface area contributed by atoms with Crippen LogP contribution in [0, 0.1) is 17.8 Å². The van der Waals surface area contributed by atoms with E-state index in [2.05, 4.69) is 34.6 Å². The molecule has 0 radical (unpaired) electrons. The van der Waals surface area contributed by atoms with Crippen LogP contribution in [0.2, 0.25) is 0 Å². The second-order valence-electron chi connectivity index (χ2n) is 7.69. The van der Waals surface area contributed by atoms with Gasteiger partial charge in [-0.15, -0.1) is 0 Å². The van der Waals surface area contributed by atoms with Crippen LogP contribution in [0.25, 0.3) is 0 Å². The zero-order chi connectivity index (χ0) is 15.2. The summed E-state index contributed by atoms with van der Waals surface area (Å²) >= 11 is 0. The van der Waals surface area contributed by atoms with E-state index in [9.17, 15) is 0 Å². The molecule has 0 aromatic heterocycles. The van der Waals surface area contributed by atoms with Crippen LogP contribution in [0.15, 0.2) is 0 Å². The lowest BCUT2D eigenvalue weighted by Crippen LogP contribution is -2.06. The molecular weight excluding hydrogens is 240 g/mol. The first-order valence-electron chi connectivity index (χ1n) is 9.56. The van der Waals surface area contributed by atoms with Gasteiger partial charge in [0.05, 0.1) is 0 Å². The summed E-state index contributed by atoms with van der Waals surface area (Å²) < 4.78 is 0. The van der Waals surface area contributed by atoms with Crippen molar-refractivity contribution in [1.82, 2.24) is 0 Å². The van der Waals surface area contributed by atoms with Crippen LogP contribution in [0.3, 0.4) is 0 Å². The normalized spacial score (nSPS) is 14.7. The van der Waals surface area contributed by atoms with Crippen molar-refractivity contribution in [2.75, 3.05) is 0 Å². The molecule has 0 heterocycles. The summed E-state index contributed by atoms with van der Waals surface area (Å²) in [6, 6.07) is 0. The third-order valence-corrected chi connectivity index (χ3v) is 4.48. The SMILES string of the molecule is CCCCCCCCCCCC(C)CC(C)CC(C)C. The van der Waals surface area contributed by atoms with Crippen LogP contribution in [0.5, 0.6) is 0 Å². The van der Waals surface area contributed by atoms with Gasteiger partial charge >= 0.3 is 0 Å². The monoisotopic (exact) mass is 282 g/mol. The first-order chi connectivity index (χ1) is 9.56. The molecule has 0 aliphatic rings. The molecule has 2 atom stereocenters. The van der Waals surface area contributed by atoms with E-state index in [1.165, 1.54) is 77.0 Å². The maximum Gasteiger partial charge on any atom is -0.0438 e. The molecular formula is C20H42. The van der Waals surface area contributed by atoms with Gasteiger partial charge in [0.2, 0.25) is 0 Å². The lowest BCUT2D eigenvalue weighted by atomic mass is 9.88. The van der Waals surface area contributed by atoms with Gasteiger partial charge in [0.15, 0.2) is 0 Å². The Morgan fingerprint density at radius 1 is 0.550 bits per heavy atom. The van der Waals surface area contributed by atoms with Gasteiger partial charge in [-0.3, -0.25) is 0 Å². The maximum absolute atomic E-state index is 2.46. The third kappa shape index (κ3) is 14.4. The molecule has 0 aliphatic heterocycles. The first kappa shape index (κ1) is 20.0. The van der Waals surface area contributed by atoms with Gasteiger partial charge in [0, 0.05) is 0 Å².